The number of sulfonamides is 1. The summed E-state index contributed by atoms with van der Waals surface area (Å²) in [4.78, 5) is 7.74. The standard InChI is InChI=1S/C19H20BN3O4S/c1-13-2-4-14(5-3-13)28(25,26)23-10-7-19(8-11-23)17-15-6-9-21-18(15)22-12-16(17)20(24)27-19/h2-6,9,12,24H,7-8,10-11H2,1H3,(H,21,22). The van der Waals surface area contributed by atoms with E-state index < -0.39 is 22.7 Å². The first-order chi connectivity index (χ1) is 13.4. The van der Waals surface area contributed by atoms with E-state index in [0.29, 0.717) is 36.3 Å². The van der Waals surface area contributed by atoms with Crippen LogP contribution < -0.4 is 5.46 Å². The van der Waals surface area contributed by atoms with E-state index in [4.69, 9.17) is 4.65 Å². The third kappa shape index (κ3) is 2.54. The van der Waals surface area contributed by atoms with Crippen LogP contribution in [0.2, 0.25) is 0 Å². The fraction of sp³-hybridized carbons (Fsp3) is 0.316. The van der Waals surface area contributed by atoms with Crippen molar-refractivity contribution < 1.29 is 18.1 Å². The Balaban J connectivity index is 1.47. The predicted octanol–water partition coefficient (Wildman–Crippen LogP) is 1.27. The molecular formula is C19H20BN3O4S. The lowest BCUT2D eigenvalue weighted by molar-refractivity contribution is 0.0134. The predicted molar refractivity (Wildman–Crippen MR) is 106 cm³/mol. The van der Waals surface area contributed by atoms with E-state index in [0.717, 1.165) is 22.2 Å². The molecule has 0 radical (unpaired) electrons. The summed E-state index contributed by atoms with van der Waals surface area (Å²) in [6.45, 7) is 2.59. The summed E-state index contributed by atoms with van der Waals surface area (Å²) in [7, 11) is -4.59. The summed E-state index contributed by atoms with van der Waals surface area (Å²) in [5.74, 6) is 0. The van der Waals surface area contributed by atoms with Crippen molar-refractivity contribution in [1.82, 2.24) is 14.3 Å². The first-order valence-electron chi connectivity index (χ1n) is 9.30. The maximum Gasteiger partial charge on any atom is 0.493 e. The fourth-order valence-electron chi connectivity index (χ4n) is 4.37. The summed E-state index contributed by atoms with van der Waals surface area (Å²) in [5.41, 5.74) is 2.66. The third-order valence-corrected chi connectivity index (χ3v) is 7.78. The highest BCUT2D eigenvalue weighted by molar-refractivity contribution is 7.89. The molecular weight excluding hydrogens is 377 g/mol. The van der Waals surface area contributed by atoms with Gasteiger partial charge in [-0.25, -0.2) is 13.4 Å². The monoisotopic (exact) mass is 397 g/mol. The van der Waals surface area contributed by atoms with Crippen LogP contribution in [0.4, 0.5) is 0 Å². The number of nitrogens with zero attached hydrogens (tertiary/aromatic N) is 2. The topological polar surface area (TPSA) is 95.5 Å². The molecule has 0 aliphatic carbocycles. The van der Waals surface area contributed by atoms with Crippen molar-refractivity contribution in [3.63, 3.8) is 0 Å². The highest BCUT2D eigenvalue weighted by atomic mass is 32.2. The Kier molecular flexibility index (Phi) is 3.93. The Labute approximate surface area is 163 Å². The van der Waals surface area contributed by atoms with Gasteiger partial charge in [0.05, 0.1) is 10.5 Å². The minimum absolute atomic E-state index is 0.305. The van der Waals surface area contributed by atoms with Crippen molar-refractivity contribution in [2.45, 2.75) is 30.3 Å². The number of nitrogens with one attached hydrogen (secondary N) is 1. The van der Waals surface area contributed by atoms with Crippen molar-refractivity contribution in [3.05, 3.63) is 53.9 Å². The van der Waals surface area contributed by atoms with Crippen LogP contribution in [0.3, 0.4) is 0 Å². The second-order valence-electron chi connectivity index (χ2n) is 7.51. The normalized spacial score (nSPS) is 19.4. The van der Waals surface area contributed by atoms with Gasteiger partial charge in [-0.2, -0.15) is 4.31 Å². The molecule has 9 heteroatoms. The number of fused-ring (bicyclic) bond motifs is 4. The lowest BCUT2D eigenvalue weighted by Crippen LogP contribution is -2.45. The van der Waals surface area contributed by atoms with Gasteiger partial charge in [0.2, 0.25) is 10.0 Å². The van der Waals surface area contributed by atoms with Crippen LogP contribution in [0.15, 0.2) is 47.6 Å². The van der Waals surface area contributed by atoms with Gasteiger partial charge in [-0.3, -0.25) is 0 Å². The van der Waals surface area contributed by atoms with Crippen LogP contribution in [0, 0.1) is 6.92 Å². The van der Waals surface area contributed by atoms with Gasteiger partial charge < -0.3 is 14.7 Å². The van der Waals surface area contributed by atoms with Crippen molar-refractivity contribution in [1.29, 1.82) is 0 Å². The molecule has 1 spiro atoms. The van der Waals surface area contributed by atoms with Gasteiger partial charge >= 0.3 is 7.12 Å². The number of aromatic amines is 1. The van der Waals surface area contributed by atoms with E-state index >= 15 is 0 Å². The van der Waals surface area contributed by atoms with Crippen molar-refractivity contribution in [3.8, 4) is 0 Å². The Morgan fingerprint density at radius 3 is 2.64 bits per heavy atom. The molecule has 5 rings (SSSR count). The first kappa shape index (κ1) is 17.9. The number of H-pyrrole nitrogens is 1. The Bertz CT molecular complexity index is 1150. The second-order valence-corrected chi connectivity index (χ2v) is 9.45. The number of aromatic nitrogens is 2. The second kappa shape index (κ2) is 6.15. The third-order valence-electron chi connectivity index (χ3n) is 5.86. The van der Waals surface area contributed by atoms with Crippen LogP contribution in [-0.2, 0) is 20.3 Å². The van der Waals surface area contributed by atoms with Gasteiger partial charge in [0.15, 0.2) is 0 Å². The zero-order valence-corrected chi connectivity index (χ0v) is 16.2. The lowest BCUT2D eigenvalue weighted by Gasteiger charge is -2.39. The lowest BCUT2D eigenvalue weighted by atomic mass is 9.76. The zero-order valence-electron chi connectivity index (χ0n) is 15.4. The van der Waals surface area contributed by atoms with Gasteiger partial charge in [0.25, 0.3) is 0 Å². The molecule has 2 aromatic heterocycles. The van der Waals surface area contributed by atoms with E-state index in [9.17, 15) is 13.4 Å². The van der Waals surface area contributed by atoms with Crippen LogP contribution >= 0.6 is 0 Å². The number of rotatable bonds is 2. The first-order valence-corrected chi connectivity index (χ1v) is 10.7. The van der Waals surface area contributed by atoms with E-state index in [1.807, 2.05) is 19.2 Å². The van der Waals surface area contributed by atoms with Crippen molar-refractivity contribution in [2.24, 2.45) is 0 Å². The molecule has 0 atom stereocenters. The van der Waals surface area contributed by atoms with Crippen LogP contribution in [0.5, 0.6) is 0 Å². The summed E-state index contributed by atoms with van der Waals surface area (Å²) in [5, 5.41) is 11.3. The summed E-state index contributed by atoms with van der Waals surface area (Å²) in [6.07, 6.45) is 4.41. The van der Waals surface area contributed by atoms with Gasteiger partial charge in [-0.05, 0) is 43.5 Å². The SMILES string of the molecule is Cc1ccc(S(=O)(=O)N2CCC3(CC2)OB(O)c2cnc4[nH]ccc4c23)cc1. The van der Waals surface area contributed by atoms with Crippen LogP contribution in [0.25, 0.3) is 11.0 Å². The molecule has 2 aliphatic rings. The highest BCUT2D eigenvalue weighted by Crippen LogP contribution is 2.43. The van der Waals surface area contributed by atoms with E-state index in [1.165, 1.54) is 4.31 Å². The van der Waals surface area contributed by atoms with Gasteiger partial charge in [0.1, 0.15) is 5.65 Å². The largest absolute Gasteiger partial charge is 0.493 e. The Morgan fingerprint density at radius 2 is 1.93 bits per heavy atom. The van der Waals surface area contributed by atoms with Crippen molar-refractivity contribution >= 4 is 33.6 Å². The molecule has 1 fully saturated rings. The van der Waals surface area contributed by atoms with Gasteiger partial charge in [-0.1, -0.05) is 17.7 Å². The molecule has 3 aromatic rings. The number of benzene rings is 1. The molecule has 0 unspecified atom stereocenters. The molecule has 4 heterocycles. The molecule has 28 heavy (non-hydrogen) atoms. The number of aryl methyl sites for hydroxylation is 1. The van der Waals surface area contributed by atoms with Gasteiger partial charge in [0, 0.05) is 36.3 Å². The molecule has 0 saturated carbocycles. The number of hydrogen-bond acceptors (Lipinski definition) is 5. The van der Waals surface area contributed by atoms with Crippen molar-refractivity contribution in [2.75, 3.05) is 13.1 Å². The summed E-state index contributed by atoms with van der Waals surface area (Å²) >= 11 is 0. The number of hydrogen-bond donors (Lipinski definition) is 2. The van der Waals surface area contributed by atoms with Gasteiger partial charge in [-0.15, -0.1) is 0 Å². The molecule has 1 saturated heterocycles. The maximum atomic E-state index is 13.0. The Morgan fingerprint density at radius 1 is 1.21 bits per heavy atom. The Hall–Kier alpha value is -2.20. The molecule has 2 N–H and O–H groups in total. The molecule has 1 aromatic carbocycles. The van der Waals surface area contributed by atoms with E-state index in [-0.39, 0.29) is 0 Å². The average Bonchev–Trinajstić information content (AvgIpc) is 3.25. The summed E-state index contributed by atoms with van der Waals surface area (Å²) < 4.78 is 33.5. The van der Waals surface area contributed by atoms with E-state index in [2.05, 4.69) is 9.97 Å². The molecule has 0 amide bonds. The smallest absolute Gasteiger partial charge is 0.423 e. The molecule has 144 valence electrons. The average molecular weight is 397 g/mol. The summed E-state index contributed by atoms with van der Waals surface area (Å²) in [6, 6.07) is 8.84. The van der Waals surface area contributed by atoms with Crippen LogP contribution in [-0.4, -0.2) is 47.9 Å². The quantitative estimate of drug-likeness (QED) is 0.635. The number of pyridine rings is 1. The highest BCUT2D eigenvalue weighted by Gasteiger charge is 2.51. The molecule has 7 nitrogen and oxygen atoms in total. The minimum Gasteiger partial charge on any atom is -0.423 e. The van der Waals surface area contributed by atoms with E-state index in [1.54, 1.807) is 30.5 Å². The zero-order chi connectivity index (χ0) is 19.5. The maximum absolute atomic E-state index is 13.0. The fourth-order valence-corrected chi connectivity index (χ4v) is 5.81. The number of piperidine rings is 1. The molecule has 2 aliphatic heterocycles. The van der Waals surface area contributed by atoms with Crippen LogP contribution in [0.1, 0.15) is 24.0 Å². The molecule has 0 bridgehead atoms. The minimum atomic E-state index is -3.55.